The standard InChI is InChI=1S/C22H21ClFN7O2/c1-11-25-18-17(15-7-6-14(23)9-16(15)24)27-22(28-19(18)21(32)30(11)3)31-8-4-5-13(10-31)20-26-12(2)33-29-20/h6-7,9,13H,4-5,8,10H2,1-3H3. The molecule has 0 amide bonds. The van der Waals surface area contributed by atoms with E-state index in [1.54, 1.807) is 33.0 Å². The summed E-state index contributed by atoms with van der Waals surface area (Å²) in [6.07, 6.45) is 1.75. The van der Waals surface area contributed by atoms with E-state index in [0.717, 1.165) is 12.8 Å². The number of benzene rings is 1. The first kappa shape index (κ1) is 21.4. The molecule has 1 fully saturated rings. The number of hydrogen-bond acceptors (Lipinski definition) is 8. The normalized spacial score (nSPS) is 16.5. The Balaban J connectivity index is 1.67. The van der Waals surface area contributed by atoms with Gasteiger partial charge < -0.3 is 9.42 Å². The molecule has 4 aromatic rings. The molecule has 1 aliphatic rings. The van der Waals surface area contributed by atoms with E-state index in [1.807, 2.05) is 4.90 Å². The van der Waals surface area contributed by atoms with Gasteiger partial charge >= 0.3 is 0 Å². The van der Waals surface area contributed by atoms with E-state index in [-0.39, 0.29) is 38.8 Å². The molecule has 0 bridgehead atoms. The maximum absolute atomic E-state index is 14.9. The van der Waals surface area contributed by atoms with E-state index in [9.17, 15) is 9.18 Å². The van der Waals surface area contributed by atoms with Crippen molar-refractivity contribution in [2.75, 3.05) is 18.0 Å². The first-order valence-electron chi connectivity index (χ1n) is 10.6. The van der Waals surface area contributed by atoms with E-state index in [1.165, 1.54) is 10.6 Å². The van der Waals surface area contributed by atoms with Gasteiger partial charge in [0.2, 0.25) is 11.8 Å². The predicted molar refractivity (Wildman–Crippen MR) is 121 cm³/mol. The largest absolute Gasteiger partial charge is 0.340 e. The summed E-state index contributed by atoms with van der Waals surface area (Å²) >= 11 is 5.95. The molecule has 33 heavy (non-hydrogen) atoms. The molecule has 0 radical (unpaired) electrons. The monoisotopic (exact) mass is 469 g/mol. The Morgan fingerprint density at radius 1 is 1.15 bits per heavy atom. The maximum Gasteiger partial charge on any atom is 0.279 e. The maximum atomic E-state index is 14.9. The van der Waals surface area contributed by atoms with Crippen LogP contribution in [0.15, 0.2) is 27.5 Å². The molecule has 0 spiro atoms. The second-order valence-electron chi connectivity index (χ2n) is 8.17. The van der Waals surface area contributed by atoms with Crippen molar-refractivity contribution in [2.45, 2.75) is 32.6 Å². The van der Waals surface area contributed by atoms with Gasteiger partial charge in [-0.05, 0) is 38.0 Å². The molecule has 1 aromatic carbocycles. The van der Waals surface area contributed by atoms with Crippen molar-refractivity contribution in [1.82, 2.24) is 29.7 Å². The van der Waals surface area contributed by atoms with Crippen molar-refractivity contribution in [3.05, 3.63) is 56.9 Å². The molecule has 1 unspecified atom stereocenters. The van der Waals surface area contributed by atoms with Crippen molar-refractivity contribution in [2.24, 2.45) is 7.05 Å². The van der Waals surface area contributed by atoms with Gasteiger partial charge in [0.15, 0.2) is 11.3 Å². The number of halogens is 2. The second kappa shape index (κ2) is 8.18. The average Bonchev–Trinajstić information content (AvgIpc) is 3.24. The molecular formula is C22H21ClFN7O2. The summed E-state index contributed by atoms with van der Waals surface area (Å²) in [5.41, 5.74) is 0.523. The molecule has 1 atom stereocenters. The number of anilines is 1. The van der Waals surface area contributed by atoms with Gasteiger partial charge in [0.25, 0.3) is 5.56 Å². The zero-order valence-electron chi connectivity index (χ0n) is 18.3. The highest BCUT2D eigenvalue weighted by molar-refractivity contribution is 6.30. The molecule has 5 rings (SSSR count). The lowest BCUT2D eigenvalue weighted by atomic mass is 9.97. The zero-order valence-corrected chi connectivity index (χ0v) is 19.1. The van der Waals surface area contributed by atoms with Crippen molar-refractivity contribution in [1.29, 1.82) is 0 Å². The molecule has 0 N–H and O–H groups in total. The Morgan fingerprint density at radius 2 is 1.97 bits per heavy atom. The van der Waals surface area contributed by atoms with E-state index in [4.69, 9.17) is 16.1 Å². The predicted octanol–water partition coefficient (Wildman–Crippen LogP) is 3.57. The summed E-state index contributed by atoms with van der Waals surface area (Å²) in [7, 11) is 1.63. The van der Waals surface area contributed by atoms with E-state index >= 15 is 0 Å². The van der Waals surface area contributed by atoms with Gasteiger partial charge in [-0.1, -0.05) is 16.8 Å². The van der Waals surface area contributed by atoms with Crippen LogP contribution in [0.5, 0.6) is 0 Å². The number of aryl methyl sites for hydroxylation is 2. The number of nitrogens with zero attached hydrogens (tertiary/aromatic N) is 7. The quantitative estimate of drug-likeness (QED) is 0.448. The molecule has 0 saturated carbocycles. The number of aromatic nitrogens is 6. The van der Waals surface area contributed by atoms with E-state index < -0.39 is 5.82 Å². The van der Waals surface area contributed by atoms with Crippen molar-refractivity contribution in [3.8, 4) is 11.3 Å². The zero-order chi connectivity index (χ0) is 23.3. The minimum Gasteiger partial charge on any atom is -0.340 e. The minimum atomic E-state index is -0.549. The molecule has 0 aliphatic carbocycles. The molecule has 170 valence electrons. The van der Waals surface area contributed by atoms with Crippen LogP contribution in [0.2, 0.25) is 5.02 Å². The second-order valence-corrected chi connectivity index (χ2v) is 8.61. The van der Waals surface area contributed by atoms with Gasteiger partial charge in [-0.2, -0.15) is 4.98 Å². The van der Waals surface area contributed by atoms with Crippen LogP contribution in [0.4, 0.5) is 10.3 Å². The molecule has 4 heterocycles. The summed E-state index contributed by atoms with van der Waals surface area (Å²) in [6, 6.07) is 4.34. The molecule has 3 aromatic heterocycles. The summed E-state index contributed by atoms with van der Waals surface area (Å²) < 4.78 is 21.5. The lowest BCUT2D eigenvalue weighted by Gasteiger charge is -2.31. The van der Waals surface area contributed by atoms with Crippen LogP contribution >= 0.6 is 11.6 Å². The Labute approximate surface area is 193 Å². The topological polar surface area (TPSA) is 103 Å². The molecular weight excluding hydrogens is 449 g/mol. The summed E-state index contributed by atoms with van der Waals surface area (Å²) in [4.78, 5) is 33.2. The summed E-state index contributed by atoms with van der Waals surface area (Å²) in [5.74, 6) is 1.44. The Bertz CT molecular complexity index is 1430. The van der Waals surface area contributed by atoms with Crippen LogP contribution in [0.1, 0.15) is 36.3 Å². The fourth-order valence-corrected chi connectivity index (χ4v) is 4.26. The molecule has 11 heteroatoms. The fraction of sp³-hybridized carbons (Fsp3) is 0.364. The molecule has 1 saturated heterocycles. The van der Waals surface area contributed by atoms with Gasteiger partial charge in [-0.3, -0.25) is 9.36 Å². The van der Waals surface area contributed by atoms with E-state index in [0.29, 0.717) is 36.6 Å². The first-order chi connectivity index (χ1) is 15.8. The number of rotatable bonds is 3. The first-order valence-corrected chi connectivity index (χ1v) is 11.0. The lowest BCUT2D eigenvalue weighted by Crippen LogP contribution is -2.36. The van der Waals surface area contributed by atoms with Crippen molar-refractivity contribution in [3.63, 3.8) is 0 Å². The van der Waals surface area contributed by atoms with Crippen LogP contribution in [0, 0.1) is 19.7 Å². The van der Waals surface area contributed by atoms with Crippen LogP contribution in [0.25, 0.3) is 22.3 Å². The number of fused-ring (bicyclic) bond motifs is 1. The van der Waals surface area contributed by atoms with Gasteiger partial charge in [0, 0.05) is 43.6 Å². The third kappa shape index (κ3) is 3.84. The highest BCUT2D eigenvalue weighted by Gasteiger charge is 2.28. The molecule has 1 aliphatic heterocycles. The lowest BCUT2D eigenvalue weighted by molar-refractivity contribution is 0.376. The van der Waals surface area contributed by atoms with Gasteiger partial charge in [0.1, 0.15) is 22.9 Å². The Hall–Kier alpha value is -3.40. The van der Waals surface area contributed by atoms with Crippen LogP contribution in [-0.2, 0) is 7.05 Å². The number of hydrogen-bond donors (Lipinski definition) is 0. The van der Waals surface area contributed by atoms with Crippen LogP contribution < -0.4 is 10.5 Å². The smallest absolute Gasteiger partial charge is 0.279 e. The molecule has 9 nitrogen and oxygen atoms in total. The number of piperidine rings is 1. The van der Waals surface area contributed by atoms with Crippen LogP contribution in [-0.4, -0.2) is 42.7 Å². The van der Waals surface area contributed by atoms with E-state index in [2.05, 4.69) is 25.1 Å². The van der Waals surface area contributed by atoms with Crippen LogP contribution in [0.3, 0.4) is 0 Å². The van der Waals surface area contributed by atoms with Gasteiger partial charge in [-0.15, -0.1) is 0 Å². The van der Waals surface area contributed by atoms with Crippen molar-refractivity contribution < 1.29 is 8.91 Å². The van der Waals surface area contributed by atoms with Crippen molar-refractivity contribution >= 4 is 28.6 Å². The highest BCUT2D eigenvalue weighted by atomic mass is 35.5. The summed E-state index contributed by atoms with van der Waals surface area (Å²) in [6.45, 7) is 4.69. The third-order valence-corrected chi connectivity index (χ3v) is 6.17. The fourth-order valence-electron chi connectivity index (χ4n) is 4.10. The minimum absolute atomic E-state index is 0.0326. The Kier molecular flexibility index (Phi) is 5.32. The van der Waals surface area contributed by atoms with Gasteiger partial charge in [0.05, 0.1) is 0 Å². The Morgan fingerprint density at radius 3 is 2.70 bits per heavy atom. The average molecular weight is 470 g/mol. The highest BCUT2D eigenvalue weighted by Crippen LogP contribution is 2.32. The summed E-state index contributed by atoms with van der Waals surface area (Å²) in [5, 5.41) is 4.33. The third-order valence-electron chi connectivity index (χ3n) is 5.94. The SMILES string of the molecule is Cc1nc(C2CCCN(c3nc(-c4ccc(Cl)cc4F)c4nc(C)n(C)c(=O)c4n3)C2)no1. The van der Waals surface area contributed by atoms with Gasteiger partial charge in [-0.25, -0.2) is 19.3 Å².